The van der Waals surface area contributed by atoms with E-state index >= 15 is 0 Å². The number of aryl methyl sites for hydroxylation is 3. The summed E-state index contributed by atoms with van der Waals surface area (Å²) >= 11 is 5.86. The zero-order valence-electron chi connectivity index (χ0n) is 13.5. The predicted octanol–water partition coefficient (Wildman–Crippen LogP) is 2.56. The quantitative estimate of drug-likeness (QED) is 0.812. The first-order chi connectivity index (χ1) is 11.2. The van der Waals surface area contributed by atoms with Crippen molar-refractivity contribution in [3.05, 3.63) is 40.2 Å². The molecule has 1 heterocycles. The van der Waals surface area contributed by atoms with Crippen LogP contribution in [-0.4, -0.2) is 26.0 Å². The lowest BCUT2D eigenvalue weighted by Gasteiger charge is -2.09. The predicted molar refractivity (Wildman–Crippen MR) is 90.6 cm³/mol. The molecule has 0 unspecified atom stereocenters. The van der Waals surface area contributed by atoms with Gasteiger partial charge in [-0.05, 0) is 44.5 Å². The first-order valence-electron chi connectivity index (χ1n) is 7.19. The topological polar surface area (TPSA) is 101 Å². The Labute approximate surface area is 145 Å². The molecule has 1 aromatic carbocycles. The van der Waals surface area contributed by atoms with Gasteiger partial charge in [0.25, 0.3) is 0 Å². The fourth-order valence-corrected chi connectivity index (χ4v) is 3.79. The highest BCUT2D eigenvalue weighted by atomic mass is 35.5. The van der Waals surface area contributed by atoms with Gasteiger partial charge in [-0.25, -0.2) is 13.1 Å². The molecule has 7 nitrogen and oxygen atoms in total. The second-order valence-corrected chi connectivity index (χ2v) is 7.45. The Kier molecular flexibility index (Phi) is 5.63. The zero-order chi connectivity index (χ0) is 17.9. The number of sulfonamides is 1. The Morgan fingerprint density at radius 1 is 1.29 bits per heavy atom. The Morgan fingerprint density at radius 3 is 2.58 bits per heavy atom. The van der Waals surface area contributed by atoms with Crippen molar-refractivity contribution in [2.45, 2.75) is 32.1 Å². The van der Waals surface area contributed by atoms with Crippen LogP contribution in [0.25, 0.3) is 0 Å². The lowest BCUT2D eigenvalue weighted by molar-refractivity contribution is -0.116. The molecule has 0 fully saturated rings. The molecule has 0 saturated carbocycles. The Morgan fingerprint density at radius 2 is 2.00 bits per heavy atom. The molecule has 1 amide bonds. The number of carbonyl (C=O) groups excluding carboxylic acids is 1. The second-order valence-electron chi connectivity index (χ2n) is 5.31. The molecule has 2 rings (SSSR count). The molecular formula is C15H18ClN3O4S. The Balaban J connectivity index is 1.93. The number of benzene rings is 1. The summed E-state index contributed by atoms with van der Waals surface area (Å²) in [5, 5.41) is 6.91. The van der Waals surface area contributed by atoms with Crippen molar-refractivity contribution in [3.8, 4) is 0 Å². The zero-order valence-corrected chi connectivity index (χ0v) is 15.1. The molecule has 2 N–H and O–H groups in total. The third-order valence-corrected chi connectivity index (χ3v) is 5.28. The van der Waals surface area contributed by atoms with Gasteiger partial charge in [-0.3, -0.25) is 4.79 Å². The molecule has 130 valence electrons. The number of nitrogens with zero attached hydrogens (tertiary/aromatic N) is 1. The monoisotopic (exact) mass is 371 g/mol. The van der Waals surface area contributed by atoms with Gasteiger partial charge in [-0.15, -0.1) is 0 Å². The van der Waals surface area contributed by atoms with E-state index in [4.69, 9.17) is 16.1 Å². The Bertz CT molecular complexity index is 842. The number of rotatable bonds is 6. The van der Waals surface area contributed by atoms with E-state index in [1.165, 1.54) is 6.92 Å². The first-order valence-corrected chi connectivity index (χ1v) is 9.05. The lowest BCUT2D eigenvalue weighted by Crippen LogP contribution is -2.28. The van der Waals surface area contributed by atoms with Gasteiger partial charge in [-0.1, -0.05) is 16.8 Å². The average Bonchev–Trinajstić information content (AvgIpc) is 2.81. The molecule has 0 aliphatic rings. The van der Waals surface area contributed by atoms with Gasteiger partial charge in [0.1, 0.15) is 10.6 Å². The van der Waals surface area contributed by atoms with Crippen molar-refractivity contribution in [3.63, 3.8) is 0 Å². The number of nitrogens with one attached hydrogen (secondary N) is 2. The standard InChI is InChI=1S/C15H18ClN3O4S/c1-9-8-12(16)4-5-13(9)18-14(20)6-7-17-24(21,22)15-10(2)19-23-11(15)3/h4-5,8,17H,6-7H2,1-3H3,(H,18,20). The van der Waals surface area contributed by atoms with Crippen molar-refractivity contribution in [1.82, 2.24) is 9.88 Å². The smallest absolute Gasteiger partial charge is 0.245 e. The number of aromatic nitrogens is 1. The van der Waals surface area contributed by atoms with Crippen LogP contribution in [0.15, 0.2) is 27.6 Å². The maximum absolute atomic E-state index is 12.2. The number of halogens is 1. The summed E-state index contributed by atoms with van der Waals surface area (Å²) in [4.78, 5) is 12.0. The number of carbonyl (C=O) groups is 1. The summed E-state index contributed by atoms with van der Waals surface area (Å²) in [6.45, 7) is 4.85. The highest BCUT2D eigenvalue weighted by Crippen LogP contribution is 2.20. The van der Waals surface area contributed by atoms with Gasteiger partial charge in [0.05, 0.1) is 0 Å². The van der Waals surface area contributed by atoms with E-state index in [1.807, 2.05) is 6.92 Å². The third kappa shape index (κ3) is 4.34. The van der Waals surface area contributed by atoms with Crippen LogP contribution in [0.3, 0.4) is 0 Å². The number of hydrogen-bond donors (Lipinski definition) is 2. The molecule has 9 heteroatoms. The summed E-state index contributed by atoms with van der Waals surface area (Å²) in [5.74, 6) is -0.0943. The van der Waals surface area contributed by atoms with Crippen LogP contribution in [0.1, 0.15) is 23.4 Å². The van der Waals surface area contributed by atoms with E-state index in [9.17, 15) is 13.2 Å². The maximum Gasteiger partial charge on any atom is 0.245 e. The minimum Gasteiger partial charge on any atom is -0.360 e. The van der Waals surface area contributed by atoms with Crippen LogP contribution >= 0.6 is 11.6 Å². The average molecular weight is 372 g/mol. The largest absolute Gasteiger partial charge is 0.360 e. The van der Waals surface area contributed by atoms with Gasteiger partial charge >= 0.3 is 0 Å². The van der Waals surface area contributed by atoms with Crippen LogP contribution in [0.5, 0.6) is 0 Å². The van der Waals surface area contributed by atoms with Gasteiger partial charge in [0, 0.05) is 23.7 Å². The highest BCUT2D eigenvalue weighted by molar-refractivity contribution is 7.89. The number of amides is 1. The van der Waals surface area contributed by atoms with E-state index in [-0.39, 0.29) is 35.2 Å². The molecule has 0 spiro atoms. The van der Waals surface area contributed by atoms with Gasteiger partial charge in [0.15, 0.2) is 5.76 Å². The summed E-state index contributed by atoms with van der Waals surface area (Å²) in [6.07, 6.45) is -0.00925. The minimum absolute atomic E-state index is 0.00925. The SMILES string of the molecule is Cc1cc(Cl)ccc1NC(=O)CCNS(=O)(=O)c1c(C)noc1C. The molecule has 0 atom stereocenters. The van der Waals surface area contributed by atoms with Crippen LogP contribution in [-0.2, 0) is 14.8 Å². The van der Waals surface area contributed by atoms with Crippen molar-refractivity contribution in [2.75, 3.05) is 11.9 Å². The van der Waals surface area contributed by atoms with Crippen LogP contribution < -0.4 is 10.0 Å². The maximum atomic E-state index is 12.2. The summed E-state index contributed by atoms with van der Waals surface area (Å²) in [7, 11) is -3.76. The summed E-state index contributed by atoms with van der Waals surface area (Å²) < 4.78 is 31.6. The summed E-state index contributed by atoms with van der Waals surface area (Å²) in [5.41, 5.74) is 1.74. The van der Waals surface area contributed by atoms with E-state index in [0.717, 1.165) is 5.56 Å². The summed E-state index contributed by atoms with van der Waals surface area (Å²) in [6, 6.07) is 5.10. The molecule has 24 heavy (non-hydrogen) atoms. The Hall–Kier alpha value is -1.90. The molecule has 0 aliphatic heterocycles. The number of hydrogen-bond acceptors (Lipinski definition) is 5. The van der Waals surface area contributed by atoms with Crippen LogP contribution in [0.4, 0.5) is 5.69 Å². The third-order valence-electron chi connectivity index (χ3n) is 3.34. The van der Waals surface area contributed by atoms with E-state index in [0.29, 0.717) is 10.7 Å². The van der Waals surface area contributed by atoms with Crippen molar-refractivity contribution >= 4 is 33.2 Å². The van der Waals surface area contributed by atoms with Crippen molar-refractivity contribution in [2.24, 2.45) is 0 Å². The highest BCUT2D eigenvalue weighted by Gasteiger charge is 2.23. The molecule has 0 saturated heterocycles. The molecule has 0 bridgehead atoms. The molecule has 0 radical (unpaired) electrons. The molecule has 0 aliphatic carbocycles. The van der Waals surface area contributed by atoms with Gasteiger partial charge in [0.2, 0.25) is 15.9 Å². The van der Waals surface area contributed by atoms with Gasteiger partial charge < -0.3 is 9.84 Å². The normalized spacial score (nSPS) is 11.5. The van der Waals surface area contributed by atoms with Gasteiger partial charge in [-0.2, -0.15) is 0 Å². The first kappa shape index (κ1) is 18.4. The lowest BCUT2D eigenvalue weighted by atomic mass is 10.2. The fraction of sp³-hybridized carbons (Fsp3) is 0.333. The van der Waals surface area contributed by atoms with Crippen molar-refractivity contribution in [1.29, 1.82) is 0 Å². The minimum atomic E-state index is -3.76. The number of anilines is 1. The second kappa shape index (κ2) is 7.33. The molecule has 2 aromatic rings. The van der Waals surface area contributed by atoms with Crippen LogP contribution in [0, 0.1) is 20.8 Å². The van der Waals surface area contributed by atoms with E-state index in [1.54, 1.807) is 25.1 Å². The fourth-order valence-electron chi connectivity index (χ4n) is 2.21. The molecular weight excluding hydrogens is 354 g/mol. The molecule has 1 aromatic heterocycles. The van der Waals surface area contributed by atoms with E-state index < -0.39 is 10.0 Å². The van der Waals surface area contributed by atoms with Crippen molar-refractivity contribution < 1.29 is 17.7 Å². The van der Waals surface area contributed by atoms with Crippen LogP contribution in [0.2, 0.25) is 5.02 Å². The van der Waals surface area contributed by atoms with E-state index in [2.05, 4.69) is 15.2 Å².